The largest absolute Gasteiger partial charge is 0.484 e. The van der Waals surface area contributed by atoms with E-state index in [1.807, 2.05) is 13.8 Å². The zero-order valence-corrected chi connectivity index (χ0v) is 19.2. The van der Waals surface area contributed by atoms with Crippen molar-refractivity contribution in [2.75, 3.05) is 18.1 Å². The molecule has 0 saturated carbocycles. The van der Waals surface area contributed by atoms with Crippen LogP contribution in [0.1, 0.15) is 42.6 Å². The molecule has 0 aliphatic carbocycles. The lowest BCUT2D eigenvalue weighted by molar-refractivity contribution is -0.159. The second kappa shape index (κ2) is 9.17. The Hall–Kier alpha value is -3.88. The monoisotopic (exact) mass is 465 g/mol. The first-order valence-corrected chi connectivity index (χ1v) is 11.2. The Labute approximate surface area is 197 Å². The van der Waals surface area contributed by atoms with Crippen LogP contribution in [-0.2, 0) is 25.7 Å². The van der Waals surface area contributed by atoms with Crippen LogP contribution in [0, 0.1) is 5.92 Å². The maximum atomic E-state index is 13.7. The minimum atomic E-state index is -1.53. The molecule has 2 heterocycles. The summed E-state index contributed by atoms with van der Waals surface area (Å²) in [5.41, 5.74) is 5.02. The first-order valence-electron chi connectivity index (χ1n) is 11.2. The number of rotatable bonds is 8. The molecule has 2 aliphatic rings. The molecule has 0 bridgehead atoms. The predicted molar refractivity (Wildman–Crippen MR) is 123 cm³/mol. The minimum absolute atomic E-state index is 0.0653. The molecule has 3 amide bonds. The summed E-state index contributed by atoms with van der Waals surface area (Å²) in [6.07, 6.45) is 0.279. The fourth-order valence-corrected chi connectivity index (χ4v) is 4.51. The molecular formula is C25H27N3O6. The third-order valence-electron chi connectivity index (χ3n) is 5.90. The Morgan fingerprint density at radius 2 is 1.88 bits per heavy atom. The maximum absolute atomic E-state index is 13.7. The number of carbonyl (C=O) groups excluding carboxylic acids is 4. The Morgan fingerprint density at radius 3 is 2.62 bits per heavy atom. The molecule has 1 unspecified atom stereocenters. The quantitative estimate of drug-likeness (QED) is 0.597. The number of hydrogen-bond acceptors (Lipinski definition) is 6. The van der Waals surface area contributed by atoms with Crippen LogP contribution in [-0.4, -0.2) is 47.4 Å². The molecule has 1 fully saturated rings. The minimum Gasteiger partial charge on any atom is -0.484 e. The summed E-state index contributed by atoms with van der Waals surface area (Å²) in [5.74, 6) is -1.32. The zero-order chi connectivity index (χ0) is 24.5. The average Bonchev–Trinajstić information content (AvgIpc) is 3.17. The molecule has 0 spiro atoms. The number of carbonyl (C=O) groups is 4. The van der Waals surface area contributed by atoms with E-state index in [9.17, 15) is 19.2 Å². The molecule has 0 radical (unpaired) electrons. The smallest absolute Gasteiger partial charge is 0.354 e. The maximum Gasteiger partial charge on any atom is 0.354 e. The van der Waals surface area contributed by atoms with E-state index in [-0.39, 0.29) is 43.8 Å². The molecule has 9 nitrogen and oxygen atoms in total. The van der Waals surface area contributed by atoms with Crippen molar-refractivity contribution in [3.63, 3.8) is 0 Å². The van der Waals surface area contributed by atoms with Gasteiger partial charge in [-0.25, -0.2) is 4.79 Å². The van der Waals surface area contributed by atoms with Gasteiger partial charge in [-0.05, 0) is 35.7 Å². The summed E-state index contributed by atoms with van der Waals surface area (Å²) in [7, 11) is 0. The van der Waals surface area contributed by atoms with Gasteiger partial charge in [-0.1, -0.05) is 38.1 Å². The van der Waals surface area contributed by atoms with Gasteiger partial charge in [0.2, 0.25) is 11.6 Å². The van der Waals surface area contributed by atoms with E-state index in [1.54, 1.807) is 48.5 Å². The number of anilines is 1. The molecular weight excluding hydrogens is 438 g/mol. The molecule has 34 heavy (non-hydrogen) atoms. The number of benzene rings is 2. The number of ether oxygens (including phenoxy) is 2. The molecule has 9 heteroatoms. The van der Waals surface area contributed by atoms with E-state index in [0.29, 0.717) is 29.1 Å². The fourth-order valence-electron chi connectivity index (χ4n) is 4.51. The van der Waals surface area contributed by atoms with Crippen molar-refractivity contribution in [1.29, 1.82) is 0 Å². The van der Waals surface area contributed by atoms with Crippen LogP contribution >= 0.6 is 0 Å². The molecule has 178 valence electrons. The zero-order valence-electron chi connectivity index (χ0n) is 19.2. The SMILES string of the molecule is CC(C)CN1C(=O)c2ccccc2N2C(=O)CCC12C(=O)OCc1cccc(OCC(N)=O)c1. The van der Waals surface area contributed by atoms with Gasteiger partial charge < -0.3 is 20.1 Å². The Balaban J connectivity index is 1.64. The van der Waals surface area contributed by atoms with Crippen LogP contribution in [0.4, 0.5) is 5.69 Å². The van der Waals surface area contributed by atoms with Crippen molar-refractivity contribution >= 4 is 29.4 Å². The first kappa shape index (κ1) is 23.3. The van der Waals surface area contributed by atoms with Crippen molar-refractivity contribution in [3.8, 4) is 5.75 Å². The number of amides is 3. The van der Waals surface area contributed by atoms with Crippen molar-refractivity contribution in [2.24, 2.45) is 11.7 Å². The Morgan fingerprint density at radius 1 is 1.12 bits per heavy atom. The van der Waals surface area contributed by atoms with Gasteiger partial charge in [0.15, 0.2) is 6.61 Å². The predicted octanol–water partition coefficient (Wildman–Crippen LogP) is 2.23. The van der Waals surface area contributed by atoms with Crippen LogP contribution in [0.15, 0.2) is 48.5 Å². The number of nitrogens with two attached hydrogens (primary N) is 1. The van der Waals surface area contributed by atoms with Crippen molar-refractivity contribution < 1.29 is 28.7 Å². The van der Waals surface area contributed by atoms with Crippen molar-refractivity contribution in [1.82, 2.24) is 4.90 Å². The molecule has 2 N–H and O–H groups in total. The number of nitrogens with zero attached hydrogens (tertiary/aromatic N) is 2. The second-order valence-corrected chi connectivity index (χ2v) is 8.85. The standard InChI is InChI=1S/C25H27N3O6/c1-16(2)13-27-23(31)19-8-3-4-9-20(19)28-22(30)10-11-25(27,28)24(32)34-14-17-6-5-7-18(12-17)33-15-21(26)29/h3-9,12,16H,10-11,13-15H2,1-2H3,(H2,26,29). The van der Waals surface area contributed by atoms with E-state index in [1.165, 1.54) is 9.80 Å². The molecule has 2 aromatic carbocycles. The van der Waals surface area contributed by atoms with Crippen molar-refractivity contribution in [2.45, 2.75) is 39.0 Å². The lowest BCUT2D eigenvalue weighted by Gasteiger charge is -2.48. The van der Waals surface area contributed by atoms with Crippen LogP contribution < -0.4 is 15.4 Å². The average molecular weight is 466 g/mol. The summed E-state index contributed by atoms with van der Waals surface area (Å²) in [6.45, 7) is 3.83. The van der Waals surface area contributed by atoms with Gasteiger partial charge in [0.25, 0.3) is 11.8 Å². The van der Waals surface area contributed by atoms with Gasteiger partial charge >= 0.3 is 5.97 Å². The van der Waals surface area contributed by atoms with Crippen LogP contribution in [0.2, 0.25) is 0 Å². The highest BCUT2D eigenvalue weighted by molar-refractivity contribution is 6.15. The molecule has 2 aliphatic heterocycles. The van der Waals surface area contributed by atoms with Crippen molar-refractivity contribution in [3.05, 3.63) is 59.7 Å². The first-order chi connectivity index (χ1) is 16.2. The highest BCUT2D eigenvalue weighted by atomic mass is 16.5. The molecule has 1 saturated heterocycles. The van der Waals surface area contributed by atoms with Crippen LogP contribution in [0.5, 0.6) is 5.75 Å². The van der Waals surface area contributed by atoms with Crippen LogP contribution in [0.3, 0.4) is 0 Å². The van der Waals surface area contributed by atoms with E-state index in [2.05, 4.69) is 0 Å². The molecule has 2 aromatic rings. The number of fused-ring (bicyclic) bond motifs is 3. The van der Waals surface area contributed by atoms with Gasteiger partial charge in [-0.3, -0.25) is 19.3 Å². The highest BCUT2D eigenvalue weighted by Crippen LogP contribution is 2.45. The third-order valence-corrected chi connectivity index (χ3v) is 5.90. The normalized spacial score (nSPS) is 19.1. The molecule has 1 atom stereocenters. The summed E-state index contributed by atoms with van der Waals surface area (Å²) in [6, 6.07) is 13.6. The van der Waals surface area contributed by atoms with E-state index in [4.69, 9.17) is 15.2 Å². The Kier molecular flexibility index (Phi) is 6.28. The topological polar surface area (TPSA) is 119 Å². The summed E-state index contributed by atoms with van der Waals surface area (Å²) >= 11 is 0. The van der Waals surface area contributed by atoms with E-state index in [0.717, 1.165) is 0 Å². The van der Waals surface area contributed by atoms with Gasteiger partial charge in [0, 0.05) is 19.4 Å². The lowest BCUT2D eigenvalue weighted by atomic mass is 9.95. The van der Waals surface area contributed by atoms with Gasteiger partial charge in [0.05, 0.1) is 11.3 Å². The van der Waals surface area contributed by atoms with Gasteiger partial charge in [0.1, 0.15) is 12.4 Å². The summed E-state index contributed by atoms with van der Waals surface area (Å²) in [5, 5.41) is 0. The van der Waals surface area contributed by atoms with Crippen LogP contribution in [0.25, 0.3) is 0 Å². The number of primary amides is 1. The van der Waals surface area contributed by atoms with E-state index < -0.39 is 17.5 Å². The van der Waals surface area contributed by atoms with Gasteiger partial charge in [-0.15, -0.1) is 0 Å². The summed E-state index contributed by atoms with van der Waals surface area (Å²) in [4.78, 5) is 54.0. The Bertz CT molecular complexity index is 1150. The third kappa shape index (κ3) is 4.09. The number of para-hydroxylation sites is 1. The van der Waals surface area contributed by atoms with Gasteiger partial charge in [-0.2, -0.15) is 0 Å². The number of esters is 1. The number of hydrogen-bond donors (Lipinski definition) is 1. The fraction of sp³-hybridized carbons (Fsp3) is 0.360. The molecule has 4 rings (SSSR count). The highest BCUT2D eigenvalue weighted by Gasteiger charge is 2.61. The van der Waals surface area contributed by atoms with E-state index >= 15 is 0 Å². The lowest BCUT2D eigenvalue weighted by Crippen LogP contribution is -2.69. The summed E-state index contributed by atoms with van der Waals surface area (Å²) < 4.78 is 11.0. The molecule has 0 aromatic heterocycles. The second-order valence-electron chi connectivity index (χ2n) is 8.85.